The molecular weight excluding hydrogens is 404 g/mol. The van der Waals surface area contributed by atoms with Crippen LogP contribution in [0.1, 0.15) is 23.3 Å². The summed E-state index contributed by atoms with van der Waals surface area (Å²) < 4.78 is 12.5. The number of ether oxygens (including phenoxy) is 2. The molecule has 1 aliphatic rings. The van der Waals surface area contributed by atoms with Crippen LogP contribution in [-0.4, -0.2) is 65.9 Å². The van der Waals surface area contributed by atoms with Crippen LogP contribution in [0.5, 0.6) is 0 Å². The molecule has 0 bridgehead atoms. The van der Waals surface area contributed by atoms with Gasteiger partial charge in [-0.2, -0.15) is 0 Å². The zero-order valence-electron chi connectivity index (χ0n) is 18.7. The van der Waals surface area contributed by atoms with Gasteiger partial charge in [-0.3, -0.25) is 4.79 Å². The van der Waals surface area contributed by atoms with Gasteiger partial charge in [-0.25, -0.2) is 9.97 Å². The molecule has 0 radical (unpaired) electrons. The number of methoxy groups -OCH3 is 2. The predicted molar refractivity (Wildman–Crippen MR) is 123 cm³/mol. The second kappa shape index (κ2) is 10.5. The van der Waals surface area contributed by atoms with E-state index in [1.54, 1.807) is 19.1 Å². The number of aromatic nitrogens is 3. The summed E-state index contributed by atoms with van der Waals surface area (Å²) in [6, 6.07) is 11.9. The van der Waals surface area contributed by atoms with Crippen LogP contribution in [0.4, 0.5) is 0 Å². The smallest absolute Gasteiger partial charge is 0.270 e. The summed E-state index contributed by atoms with van der Waals surface area (Å²) in [6.45, 7) is 2.88. The van der Waals surface area contributed by atoms with E-state index in [-0.39, 0.29) is 5.91 Å². The lowest BCUT2D eigenvalue weighted by Gasteiger charge is -2.22. The highest BCUT2D eigenvalue weighted by Gasteiger charge is 2.26. The van der Waals surface area contributed by atoms with E-state index in [0.717, 1.165) is 23.2 Å². The molecule has 168 valence electrons. The Kier molecular flexibility index (Phi) is 7.29. The predicted octanol–water partition coefficient (Wildman–Crippen LogP) is 3.76. The number of rotatable bonds is 11. The largest absolute Gasteiger partial charge is 0.383 e. The van der Waals surface area contributed by atoms with Crippen molar-refractivity contribution in [3.8, 4) is 22.5 Å². The Morgan fingerprint density at radius 1 is 1.00 bits per heavy atom. The first-order valence-corrected chi connectivity index (χ1v) is 11.0. The van der Waals surface area contributed by atoms with Crippen LogP contribution >= 0.6 is 0 Å². The molecule has 3 aromatic rings. The first-order chi connectivity index (χ1) is 15.7. The van der Waals surface area contributed by atoms with Gasteiger partial charge in [0, 0.05) is 69.1 Å². The summed E-state index contributed by atoms with van der Waals surface area (Å²) in [5, 5.41) is 0. The Hall–Kier alpha value is -3.03. The Labute approximate surface area is 189 Å². The maximum atomic E-state index is 13.4. The Bertz CT molecular complexity index is 1010. The van der Waals surface area contributed by atoms with Crippen molar-refractivity contribution in [3.63, 3.8) is 0 Å². The second-order valence-electron chi connectivity index (χ2n) is 8.15. The van der Waals surface area contributed by atoms with Crippen molar-refractivity contribution in [3.05, 3.63) is 60.7 Å². The third-order valence-electron chi connectivity index (χ3n) is 5.70. The second-order valence-corrected chi connectivity index (χ2v) is 8.15. The minimum atomic E-state index is -0.00664. The molecule has 0 N–H and O–H groups in total. The van der Waals surface area contributed by atoms with Gasteiger partial charge in [0.2, 0.25) is 0 Å². The number of benzene rings is 1. The molecule has 1 fully saturated rings. The molecule has 7 nitrogen and oxygen atoms in total. The maximum Gasteiger partial charge on any atom is 0.270 e. The minimum Gasteiger partial charge on any atom is -0.383 e. The molecule has 0 spiro atoms. The Morgan fingerprint density at radius 3 is 2.25 bits per heavy atom. The van der Waals surface area contributed by atoms with Crippen molar-refractivity contribution in [2.45, 2.75) is 19.4 Å². The van der Waals surface area contributed by atoms with Crippen molar-refractivity contribution < 1.29 is 14.3 Å². The Morgan fingerprint density at radius 2 is 1.66 bits per heavy atom. The SMILES string of the molecule is COCCN(CCOC)C(=O)c1cc(-c2cnc(-c3ccccc3)nc2)cn1CC1CC1. The topological polar surface area (TPSA) is 69.5 Å². The molecule has 1 aromatic carbocycles. The zero-order valence-corrected chi connectivity index (χ0v) is 18.7. The summed E-state index contributed by atoms with van der Waals surface area (Å²) in [7, 11) is 3.29. The zero-order chi connectivity index (χ0) is 22.3. The van der Waals surface area contributed by atoms with Crippen LogP contribution in [-0.2, 0) is 16.0 Å². The fourth-order valence-electron chi connectivity index (χ4n) is 3.67. The summed E-state index contributed by atoms with van der Waals surface area (Å²) in [5.41, 5.74) is 3.51. The highest BCUT2D eigenvalue weighted by Crippen LogP contribution is 2.33. The lowest BCUT2D eigenvalue weighted by molar-refractivity contribution is 0.0617. The summed E-state index contributed by atoms with van der Waals surface area (Å²) in [6.07, 6.45) is 8.14. The number of hydrogen-bond acceptors (Lipinski definition) is 5. The quantitative estimate of drug-likeness (QED) is 0.460. The van der Waals surface area contributed by atoms with Crippen LogP contribution in [0.15, 0.2) is 55.0 Å². The lowest BCUT2D eigenvalue weighted by atomic mass is 10.1. The van der Waals surface area contributed by atoms with Crippen molar-refractivity contribution in [1.29, 1.82) is 0 Å². The first kappa shape index (κ1) is 22.2. The number of amides is 1. The fraction of sp³-hybridized carbons (Fsp3) is 0.400. The summed E-state index contributed by atoms with van der Waals surface area (Å²) in [5.74, 6) is 1.33. The van der Waals surface area contributed by atoms with E-state index in [1.807, 2.05) is 48.8 Å². The van der Waals surface area contributed by atoms with E-state index in [4.69, 9.17) is 9.47 Å². The molecule has 0 atom stereocenters. The molecule has 0 saturated heterocycles. The molecule has 32 heavy (non-hydrogen) atoms. The van der Waals surface area contributed by atoms with Gasteiger partial charge in [-0.05, 0) is 24.8 Å². The standard InChI is InChI=1S/C25H30N4O3/c1-31-12-10-28(11-13-32-2)25(30)23-14-21(18-29(23)17-19-8-9-19)22-15-26-24(27-16-22)20-6-4-3-5-7-20/h3-7,14-16,18-19H,8-13,17H2,1-2H3. The Balaban J connectivity index is 1.60. The van der Waals surface area contributed by atoms with Gasteiger partial charge in [-0.1, -0.05) is 30.3 Å². The molecule has 0 aliphatic heterocycles. The molecule has 1 aliphatic carbocycles. The lowest BCUT2D eigenvalue weighted by Crippen LogP contribution is -2.37. The van der Waals surface area contributed by atoms with Crippen molar-refractivity contribution in [1.82, 2.24) is 19.4 Å². The van der Waals surface area contributed by atoms with Gasteiger partial charge in [0.25, 0.3) is 5.91 Å². The van der Waals surface area contributed by atoms with Gasteiger partial charge in [0.05, 0.1) is 13.2 Å². The minimum absolute atomic E-state index is 0.00664. The molecule has 0 unspecified atom stereocenters. The highest BCUT2D eigenvalue weighted by atomic mass is 16.5. The molecular formula is C25H30N4O3. The van der Waals surface area contributed by atoms with Crippen LogP contribution in [0, 0.1) is 5.92 Å². The van der Waals surface area contributed by atoms with Crippen LogP contribution in [0.3, 0.4) is 0 Å². The molecule has 4 rings (SSSR count). The molecule has 1 amide bonds. The van der Waals surface area contributed by atoms with Crippen molar-refractivity contribution >= 4 is 5.91 Å². The van der Waals surface area contributed by atoms with Gasteiger partial charge < -0.3 is 18.9 Å². The monoisotopic (exact) mass is 434 g/mol. The first-order valence-electron chi connectivity index (χ1n) is 11.0. The van der Waals surface area contributed by atoms with Crippen molar-refractivity contribution in [2.24, 2.45) is 5.92 Å². The van der Waals surface area contributed by atoms with E-state index in [1.165, 1.54) is 12.8 Å². The van der Waals surface area contributed by atoms with E-state index < -0.39 is 0 Å². The number of carbonyl (C=O) groups excluding carboxylic acids is 1. The van der Waals surface area contributed by atoms with Crippen LogP contribution in [0.2, 0.25) is 0 Å². The average Bonchev–Trinajstić information content (AvgIpc) is 3.56. The third-order valence-corrected chi connectivity index (χ3v) is 5.70. The van der Waals surface area contributed by atoms with Crippen LogP contribution in [0.25, 0.3) is 22.5 Å². The normalized spacial score (nSPS) is 13.3. The number of nitrogens with zero attached hydrogens (tertiary/aromatic N) is 4. The van der Waals surface area contributed by atoms with E-state index in [9.17, 15) is 4.79 Å². The average molecular weight is 435 g/mol. The maximum absolute atomic E-state index is 13.4. The highest BCUT2D eigenvalue weighted by molar-refractivity contribution is 5.94. The van der Waals surface area contributed by atoms with Gasteiger partial charge in [0.15, 0.2) is 5.82 Å². The van der Waals surface area contributed by atoms with E-state index >= 15 is 0 Å². The molecule has 2 aromatic heterocycles. The van der Waals surface area contributed by atoms with Crippen molar-refractivity contribution in [2.75, 3.05) is 40.5 Å². The summed E-state index contributed by atoms with van der Waals surface area (Å²) >= 11 is 0. The molecule has 7 heteroatoms. The number of carbonyl (C=O) groups is 1. The van der Waals surface area contributed by atoms with Gasteiger partial charge in [-0.15, -0.1) is 0 Å². The van der Waals surface area contributed by atoms with E-state index in [2.05, 4.69) is 20.7 Å². The fourth-order valence-corrected chi connectivity index (χ4v) is 3.67. The van der Waals surface area contributed by atoms with E-state index in [0.29, 0.717) is 43.7 Å². The van der Waals surface area contributed by atoms with Crippen LogP contribution < -0.4 is 0 Å². The van der Waals surface area contributed by atoms with Gasteiger partial charge in [0.1, 0.15) is 5.69 Å². The third kappa shape index (κ3) is 5.41. The molecule has 1 saturated carbocycles. The van der Waals surface area contributed by atoms with Gasteiger partial charge >= 0.3 is 0 Å². The molecule has 2 heterocycles. The number of hydrogen-bond donors (Lipinski definition) is 0. The summed E-state index contributed by atoms with van der Waals surface area (Å²) in [4.78, 5) is 24.3.